The van der Waals surface area contributed by atoms with Gasteiger partial charge in [0, 0.05) is 17.8 Å². The van der Waals surface area contributed by atoms with E-state index >= 15 is 0 Å². The molecule has 0 atom stereocenters. The zero-order valence-corrected chi connectivity index (χ0v) is 14.4. The van der Waals surface area contributed by atoms with E-state index in [2.05, 4.69) is 10.2 Å². The number of rotatable bonds is 6. The molecule has 1 aromatic carbocycles. The van der Waals surface area contributed by atoms with Crippen LogP contribution in [0.3, 0.4) is 0 Å². The molecule has 3 aromatic rings. The first-order valence-corrected chi connectivity index (χ1v) is 8.46. The average molecular weight is 350 g/mol. The van der Waals surface area contributed by atoms with Gasteiger partial charge in [0.2, 0.25) is 0 Å². The van der Waals surface area contributed by atoms with Crippen molar-refractivity contribution in [2.75, 3.05) is 12.4 Å². The van der Waals surface area contributed by atoms with Crippen molar-refractivity contribution in [1.29, 1.82) is 0 Å². The molecule has 0 unspecified atom stereocenters. The lowest BCUT2D eigenvalue weighted by atomic mass is 10.2. The first-order valence-electron chi connectivity index (χ1n) is 7.10. The second-order valence-electron chi connectivity index (χ2n) is 4.95. The van der Waals surface area contributed by atoms with E-state index in [1.54, 1.807) is 18.0 Å². The summed E-state index contributed by atoms with van der Waals surface area (Å²) in [4.78, 5) is 0. The van der Waals surface area contributed by atoms with E-state index in [-0.39, 0.29) is 0 Å². The molecule has 0 aliphatic carbocycles. The minimum absolute atomic E-state index is 0.578. The minimum atomic E-state index is 0.578. The van der Waals surface area contributed by atoms with E-state index in [1.165, 1.54) is 0 Å². The molecule has 120 valence electrons. The number of hydrogen-bond donors (Lipinski definition) is 0. The van der Waals surface area contributed by atoms with Gasteiger partial charge in [-0.25, -0.2) is 0 Å². The third-order valence-corrected chi connectivity index (χ3v) is 4.70. The Balaban J connectivity index is 1.54. The Morgan fingerprint density at radius 2 is 2.17 bits per heavy atom. The minimum Gasteiger partial charge on any atom is -0.493 e. The van der Waals surface area contributed by atoms with Gasteiger partial charge in [-0.15, -0.1) is 10.2 Å². The van der Waals surface area contributed by atoms with Crippen molar-refractivity contribution in [3.8, 4) is 17.3 Å². The summed E-state index contributed by atoms with van der Waals surface area (Å²) in [6, 6.07) is 9.35. The van der Waals surface area contributed by atoms with Gasteiger partial charge in [-0.1, -0.05) is 23.4 Å². The van der Waals surface area contributed by atoms with Crippen molar-refractivity contribution >= 4 is 23.4 Å². The largest absolute Gasteiger partial charge is 0.493 e. The van der Waals surface area contributed by atoms with E-state index in [0.29, 0.717) is 18.2 Å². The molecule has 7 heteroatoms. The molecule has 0 saturated carbocycles. The molecule has 0 spiro atoms. The van der Waals surface area contributed by atoms with Gasteiger partial charge in [0.25, 0.3) is 0 Å². The SMILES string of the molecule is Cc1cc(OCCSc2nnc(-c3ccco3)n2C)ccc1Cl. The Kier molecular flexibility index (Phi) is 4.93. The van der Waals surface area contributed by atoms with Crippen LogP contribution in [0.1, 0.15) is 5.56 Å². The molecule has 2 aromatic heterocycles. The fraction of sp³-hybridized carbons (Fsp3) is 0.250. The van der Waals surface area contributed by atoms with Crippen molar-refractivity contribution in [2.45, 2.75) is 12.1 Å². The lowest BCUT2D eigenvalue weighted by Gasteiger charge is -2.07. The maximum absolute atomic E-state index is 6.00. The Bertz CT molecular complexity index is 787. The van der Waals surface area contributed by atoms with E-state index < -0.39 is 0 Å². The fourth-order valence-electron chi connectivity index (χ4n) is 2.06. The van der Waals surface area contributed by atoms with Gasteiger partial charge >= 0.3 is 0 Å². The molecule has 0 fully saturated rings. The number of thioether (sulfide) groups is 1. The van der Waals surface area contributed by atoms with E-state index in [4.69, 9.17) is 20.8 Å². The number of halogens is 1. The highest BCUT2D eigenvalue weighted by Gasteiger charge is 2.13. The standard InChI is InChI=1S/C16H16ClN3O2S/c1-11-10-12(5-6-13(11)17)21-8-9-23-16-19-18-15(20(16)2)14-4-3-7-22-14/h3-7,10H,8-9H2,1-2H3. The average Bonchev–Trinajstić information content (AvgIpc) is 3.17. The maximum Gasteiger partial charge on any atom is 0.200 e. The number of hydrogen-bond acceptors (Lipinski definition) is 5. The molecular weight excluding hydrogens is 334 g/mol. The smallest absolute Gasteiger partial charge is 0.200 e. The fourth-order valence-corrected chi connectivity index (χ4v) is 2.91. The van der Waals surface area contributed by atoms with E-state index in [0.717, 1.165) is 27.2 Å². The lowest BCUT2D eigenvalue weighted by molar-refractivity contribution is 0.343. The van der Waals surface area contributed by atoms with Crippen LogP contribution in [0.5, 0.6) is 5.75 Å². The number of furan rings is 1. The van der Waals surface area contributed by atoms with Crippen LogP contribution in [0.2, 0.25) is 5.02 Å². The number of aromatic nitrogens is 3. The summed E-state index contributed by atoms with van der Waals surface area (Å²) >= 11 is 7.59. The van der Waals surface area contributed by atoms with E-state index in [1.807, 2.05) is 48.9 Å². The van der Waals surface area contributed by atoms with Crippen LogP contribution in [-0.4, -0.2) is 27.1 Å². The molecule has 5 nitrogen and oxygen atoms in total. The summed E-state index contributed by atoms with van der Waals surface area (Å²) < 4.78 is 13.0. The van der Waals surface area contributed by atoms with Gasteiger partial charge in [-0.05, 0) is 42.8 Å². The van der Waals surface area contributed by atoms with Gasteiger partial charge in [0.05, 0.1) is 12.9 Å². The van der Waals surface area contributed by atoms with Gasteiger partial charge in [0.1, 0.15) is 5.75 Å². The molecule has 0 aliphatic rings. The van der Waals surface area contributed by atoms with Crippen molar-refractivity contribution in [1.82, 2.24) is 14.8 Å². The predicted octanol–water partition coefficient (Wildman–Crippen LogP) is 4.21. The van der Waals surface area contributed by atoms with Gasteiger partial charge in [-0.2, -0.15) is 0 Å². The van der Waals surface area contributed by atoms with Crippen LogP contribution in [-0.2, 0) is 7.05 Å². The van der Waals surface area contributed by atoms with Crippen LogP contribution in [0, 0.1) is 6.92 Å². The van der Waals surface area contributed by atoms with Gasteiger partial charge in [0.15, 0.2) is 16.7 Å². The molecule has 0 bridgehead atoms. The molecule has 0 amide bonds. The van der Waals surface area contributed by atoms with Crippen molar-refractivity contribution in [2.24, 2.45) is 7.05 Å². The van der Waals surface area contributed by atoms with Crippen molar-refractivity contribution in [3.05, 3.63) is 47.2 Å². The van der Waals surface area contributed by atoms with Crippen LogP contribution < -0.4 is 4.74 Å². The second-order valence-corrected chi connectivity index (χ2v) is 6.42. The Morgan fingerprint density at radius 3 is 2.91 bits per heavy atom. The molecule has 0 saturated heterocycles. The number of aryl methyl sites for hydroxylation is 1. The second kappa shape index (κ2) is 7.10. The molecule has 23 heavy (non-hydrogen) atoms. The number of benzene rings is 1. The number of ether oxygens (including phenoxy) is 1. The molecule has 3 rings (SSSR count). The summed E-state index contributed by atoms with van der Waals surface area (Å²) in [5.74, 6) is 3.01. The normalized spacial score (nSPS) is 10.9. The monoisotopic (exact) mass is 349 g/mol. The van der Waals surface area contributed by atoms with Gasteiger partial charge < -0.3 is 13.7 Å². The van der Waals surface area contributed by atoms with Crippen LogP contribution in [0.25, 0.3) is 11.6 Å². The van der Waals surface area contributed by atoms with Crippen LogP contribution in [0.15, 0.2) is 46.2 Å². The highest BCUT2D eigenvalue weighted by molar-refractivity contribution is 7.99. The van der Waals surface area contributed by atoms with Crippen LogP contribution >= 0.6 is 23.4 Å². The third-order valence-electron chi connectivity index (χ3n) is 3.29. The molecule has 2 heterocycles. The Hall–Kier alpha value is -1.92. The summed E-state index contributed by atoms with van der Waals surface area (Å²) in [5, 5.41) is 9.92. The first kappa shape index (κ1) is 16.0. The number of nitrogens with zero attached hydrogens (tertiary/aromatic N) is 3. The first-order chi connectivity index (χ1) is 11.1. The molecule has 0 radical (unpaired) electrons. The Morgan fingerprint density at radius 1 is 1.30 bits per heavy atom. The quantitative estimate of drug-likeness (QED) is 0.493. The molecule has 0 aliphatic heterocycles. The highest BCUT2D eigenvalue weighted by Crippen LogP contribution is 2.24. The van der Waals surface area contributed by atoms with Gasteiger partial charge in [-0.3, -0.25) is 0 Å². The zero-order valence-electron chi connectivity index (χ0n) is 12.8. The lowest BCUT2D eigenvalue weighted by Crippen LogP contribution is -2.02. The summed E-state index contributed by atoms with van der Waals surface area (Å²) in [5.41, 5.74) is 1.01. The highest BCUT2D eigenvalue weighted by atomic mass is 35.5. The molecule has 0 N–H and O–H groups in total. The van der Waals surface area contributed by atoms with Crippen molar-refractivity contribution in [3.63, 3.8) is 0 Å². The zero-order chi connectivity index (χ0) is 16.2. The summed E-state index contributed by atoms with van der Waals surface area (Å²) in [7, 11) is 1.92. The summed E-state index contributed by atoms with van der Waals surface area (Å²) in [6.45, 7) is 2.54. The summed E-state index contributed by atoms with van der Waals surface area (Å²) in [6.07, 6.45) is 1.62. The third kappa shape index (κ3) is 3.71. The molecular formula is C16H16ClN3O2S. The predicted molar refractivity (Wildman–Crippen MR) is 91.1 cm³/mol. The maximum atomic E-state index is 6.00. The van der Waals surface area contributed by atoms with E-state index in [9.17, 15) is 0 Å². The van der Waals surface area contributed by atoms with Crippen molar-refractivity contribution < 1.29 is 9.15 Å². The topological polar surface area (TPSA) is 53.1 Å². The van der Waals surface area contributed by atoms with Crippen LogP contribution in [0.4, 0.5) is 0 Å². The Labute approximate surface area is 143 Å².